The molecule has 24 heavy (non-hydrogen) atoms. The van der Waals surface area contributed by atoms with E-state index in [1.807, 2.05) is 25.1 Å². The van der Waals surface area contributed by atoms with Crippen LogP contribution < -0.4 is 15.3 Å². The number of benzene rings is 1. The first-order chi connectivity index (χ1) is 11.1. The summed E-state index contributed by atoms with van der Waals surface area (Å²) in [5.41, 5.74) is 4.39. The number of hydrogen-bond donors (Lipinski definition) is 1. The van der Waals surface area contributed by atoms with Gasteiger partial charge in [0.05, 0.1) is 0 Å². The molecular formula is C18H29N3O3. The first-order valence-electron chi connectivity index (χ1n) is 8.22. The van der Waals surface area contributed by atoms with Crippen molar-refractivity contribution in [3.05, 3.63) is 23.8 Å². The Morgan fingerprint density at radius 2 is 1.75 bits per heavy atom. The Bertz CT molecular complexity index is 590. The summed E-state index contributed by atoms with van der Waals surface area (Å²) in [5.74, 6) is -0.349. The van der Waals surface area contributed by atoms with E-state index >= 15 is 0 Å². The second-order valence-corrected chi connectivity index (χ2v) is 6.75. The van der Waals surface area contributed by atoms with Crippen LogP contribution in [-0.2, 0) is 9.63 Å². The van der Waals surface area contributed by atoms with Crippen molar-refractivity contribution in [3.63, 3.8) is 0 Å². The van der Waals surface area contributed by atoms with Crippen LogP contribution in [0.1, 0.15) is 40.2 Å². The topological polar surface area (TPSA) is 61.9 Å². The van der Waals surface area contributed by atoms with E-state index < -0.39 is 11.5 Å². The van der Waals surface area contributed by atoms with Gasteiger partial charge in [0, 0.05) is 36.9 Å². The minimum absolute atomic E-state index is 0.349. The van der Waals surface area contributed by atoms with Crippen LogP contribution in [0.5, 0.6) is 0 Å². The maximum atomic E-state index is 12.1. The highest BCUT2D eigenvalue weighted by Gasteiger charge is 2.24. The summed E-state index contributed by atoms with van der Waals surface area (Å²) in [4.78, 5) is 32.4. The van der Waals surface area contributed by atoms with Gasteiger partial charge in [0.25, 0.3) is 5.91 Å². The summed E-state index contributed by atoms with van der Waals surface area (Å²) in [5, 5.41) is 0. The van der Waals surface area contributed by atoms with Gasteiger partial charge in [-0.3, -0.25) is 9.69 Å². The zero-order chi connectivity index (χ0) is 18.5. The lowest BCUT2D eigenvalue weighted by molar-refractivity contribution is -0.137. The molecule has 0 atom stereocenters. The second-order valence-electron chi connectivity index (χ2n) is 6.75. The minimum atomic E-state index is -0.633. The summed E-state index contributed by atoms with van der Waals surface area (Å²) in [6.45, 7) is 13.2. The van der Waals surface area contributed by atoms with Gasteiger partial charge >= 0.3 is 6.09 Å². The molecule has 1 N–H and O–H groups in total. The predicted molar refractivity (Wildman–Crippen MR) is 97.2 cm³/mol. The molecular weight excluding hydrogens is 306 g/mol. The molecule has 0 aliphatic heterocycles. The van der Waals surface area contributed by atoms with E-state index in [9.17, 15) is 9.59 Å². The number of nitrogens with zero attached hydrogens (tertiary/aromatic N) is 2. The fourth-order valence-corrected chi connectivity index (χ4v) is 2.21. The number of carbonyl (C=O) groups is 2. The highest BCUT2D eigenvalue weighted by molar-refractivity contribution is 5.90. The maximum absolute atomic E-state index is 12.1. The first-order valence-corrected chi connectivity index (χ1v) is 8.22. The Morgan fingerprint density at radius 3 is 2.21 bits per heavy atom. The standard InChI is InChI=1S/C18H29N3O3/c1-8-21(9-2)14-10-11-15(13(3)12-14)20(7)17(23)24-19-16(22)18(4,5)6/h10-12H,8-9H2,1-7H3,(H,19,22). The van der Waals surface area contributed by atoms with Gasteiger partial charge in [-0.25, -0.2) is 4.79 Å². The number of anilines is 2. The van der Waals surface area contributed by atoms with Crippen LogP contribution in [0.2, 0.25) is 0 Å². The molecule has 0 heterocycles. The number of hydrogen-bond acceptors (Lipinski definition) is 4. The van der Waals surface area contributed by atoms with Crippen molar-refractivity contribution in [2.24, 2.45) is 5.41 Å². The molecule has 0 saturated heterocycles. The number of rotatable bonds is 4. The van der Waals surface area contributed by atoms with Gasteiger partial charge in [-0.1, -0.05) is 20.8 Å². The zero-order valence-electron chi connectivity index (χ0n) is 15.8. The fraction of sp³-hybridized carbons (Fsp3) is 0.556. The monoisotopic (exact) mass is 335 g/mol. The highest BCUT2D eigenvalue weighted by Crippen LogP contribution is 2.25. The van der Waals surface area contributed by atoms with Crippen molar-refractivity contribution >= 4 is 23.4 Å². The Balaban J connectivity index is 2.82. The molecule has 2 amide bonds. The molecule has 0 aliphatic rings. The SMILES string of the molecule is CCN(CC)c1ccc(N(C)C(=O)ONC(=O)C(C)(C)C)c(C)c1. The molecule has 0 aromatic heterocycles. The Hall–Kier alpha value is -2.24. The Labute approximate surface area is 144 Å². The summed E-state index contributed by atoms with van der Waals surface area (Å²) >= 11 is 0. The molecule has 1 rings (SSSR count). The molecule has 1 aromatic rings. The van der Waals surface area contributed by atoms with Crippen LogP contribution in [-0.4, -0.2) is 32.1 Å². The predicted octanol–water partition coefficient (Wildman–Crippen LogP) is 3.49. The van der Waals surface area contributed by atoms with Gasteiger partial charge in [-0.2, -0.15) is 5.48 Å². The lowest BCUT2D eigenvalue weighted by Gasteiger charge is -2.24. The van der Waals surface area contributed by atoms with Crippen molar-refractivity contribution in [1.82, 2.24) is 5.48 Å². The molecule has 0 aliphatic carbocycles. The Kier molecular flexibility index (Phi) is 6.63. The lowest BCUT2D eigenvalue weighted by Crippen LogP contribution is -2.40. The number of carbonyl (C=O) groups excluding carboxylic acids is 2. The van der Waals surface area contributed by atoms with Crippen molar-refractivity contribution in [3.8, 4) is 0 Å². The molecule has 0 spiro atoms. The fourth-order valence-electron chi connectivity index (χ4n) is 2.21. The van der Waals surface area contributed by atoms with E-state index in [1.54, 1.807) is 27.8 Å². The van der Waals surface area contributed by atoms with Crippen LogP contribution in [0.25, 0.3) is 0 Å². The summed E-state index contributed by atoms with van der Waals surface area (Å²) in [7, 11) is 1.62. The van der Waals surface area contributed by atoms with Crippen LogP contribution in [0.4, 0.5) is 16.2 Å². The van der Waals surface area contributed by atoms with E-state index in [1.165, 1.54) is 4.90 Å². The van der Waals surface area contributed by atoms with Crippen molar-refractivity contribution in [1.29, 1.82) is 0 Å². The average Bonchev–Trinajstić information content (AvgIpc) is 2.52. The third-order valence-corrected chi connectivity index (χ3v) is 3.86. The molecule has 0 saturated carbocycles. The lowest BCUT2D eigenvalue weighted by atomic mass is 9.96. The van der Waals surface area contributed by atoms with Gasteiger partial charge in [0.1, 0.15) is 0 Å². The van der Waals surface area contributed by atoms with Crippen LogP contribution in [0.3, 0.4) is 0 Å². The van der Waals surface area contributed by atoms with Crippen molar-refractivity contribution < 1.29 is 14.4 Å². The molecule has 0 fully saturated rings. The maximum Gasteiger partial charge on any atom is 0.438 e. The van der Waals surface area contributed by atoms with E-state index in [2.05, 4.69) is 24.2 Å². The van der Waals surface area contributed by atoms with Gasteiger partial charge < -0.3 is 9.74 Å². The molecule has 6 nitrogen and oxygen atoms in total. The summed E-state index contributed by atoms with van der Waals surface area (Å²) in [6, 6.07) is 5.91. The smallest absolute Gasteiger partial charge is 0.372 e. The molecule has 134 valence electrons. The zero-order valence-corrected chi connectivity index (χ0v) is 15.8. The molecule has 0 bridgehead atoms. The average molecular weight is 335 g/mol. The number of hydroxylamine groups is 1. The van der Waals surface area contributed by atoms with Crippen LogP contribution >= 0.6 is 0 Å². The van der Waals surface area contributed by atoms with Gasteiger partial charge in [0.2, 0.25) is 0 Å². The van der Waals surface area contributed by atoms with E-state index in [4.69, 9.17) is 4.84 Å². The largest absolute Gasteiger partial charge is 0.438 e. The van der Waals surface area contributed by atoms with Crippen LogP contribution in [0, 0.1) is 12.3 Å². The van der Waals surface area contributed by atoms with E-state index in [-0.39, 0.29) is 5.91 Å². The van der Waals surface area contributed by atoms with Gasteiger partial charge in [-0.05, 0) is 44.5 Å². The Morgan fingerprint density at radius 1 is 1.17 bits per heavy atom. The molecule has 0 unspecified atom stereocenters. The molecule has 0 radical (unpaired) electrons. The second kappa shape index (κ2) is 8.04. The third kappa shape index (κ3) is 4.88. The van der Waals surface area contributed by atoms with Gasteiger partial charge in [0.15, 0.2) is 0 Å². The number of amides is 2. The highest BCUT2D eigenvalue weighted by atomic mass is 16.7. The third-order valence-electron chi connectivity index (χ3n) is 3.86. The van der Waals surface area contributed by atoms with Crippen LogP contribution in [0.15, 0.2) is 18.2 Å². The minimum Gasteiger partial charge on any atom is -0.372 e. The number of aryl methyl sites for hydroxylation is 1. The van der Waals surface area contributed by atoms with Crippen molar-refractivity contribution in [2.45, 2.75) is 41.5 Å². The summed E-state index contributed by atoms with van der Waals surface area (Å²) < 4.78 is 0. The molecule has 1 aromatic carbocycles. The van der Waals surface area contributed by atoms with E-state index in [0.717, 1.165) is 30.0 Å². The van der Waals surface area contributed by atoms with Crippen molar-refractivity contribution in [2.75, 3.05) is 29.9 Å². The summed E-state index contributed by atoms with van der Waals surface area (Å²) in [6.07, 6.45) is -0.633. The normalized spacial score (nSPS) is 11.0. The van der Waals surface area contributed by atoms with Gasteiger partial charge in [-0.15, -0.1) is 0 Å². The quantitative estimate of drug-likeness (QED) is 0.856. The number of nitrogens with one attached hydrogen (secondary N) is 1. The van der Waals surface area contributed by atoms with E-state index in [0.29, 0.717) is 0 Å². The first kappa shape index (κ1) is 19.8. The molecule has 6 heteroatoms.